The van der Waals surface area contributed by atoms with Gasteiger partial charge < -0.3 is 9.84 Å². The number of ether oxygens (including phenoxy) is 1. The summed E-state index contributed by atoms with van der Waals surface area (Å²) in [6.45, 7) is 3.87. The smallest absolute Gasteiger partial charge is 0.449 e. The number of carboxylic acid groups (broad SMARTS) is 1. The molecule has 0 aromatic heterocycles. The Kier molecular flexibility index (Phi) is 5.93. The third-order valence-corrected chi connectivity index (χ3v) is 1.92. The lowest BCUT2D eigenvalue weighted by Crippen LogP contribution is -2.19. The Hall–Kier alpha value is -1.06. The molecule has 0 aliphatic rings. The van der Waals surface area contributed by atoms with Crippen LogP contribution in [0.5, 0.6) is 0 Å². The monoisotopic (exact) mass is 188 g/mol. The second-order valence-electron chi connectivity index (χ2n) is 2.93. The van der Waals surface area contributed by atoms with Crippen LogP contribution in [0.25, 0.3) is 0 Å². The molecule has 1 unspecified atom stereocenters. The topological polar surface area (TPSA) is 63.6 Å². The Morgan fingerprint density at radius 3 is 2.38 bits per heavy atom. The molecule has 0 amide bonds. The maximum atomic E-state index is 11.1. The minimum atomic E-state index is -1.51. The van der Waals surface area contributed by atoms with E-state index in [4.69, 9.17) is 5.11 Å². The van der Waals surface area contributed by atoms with Gasteiger partial charge in [-0.1, -0.05) is 26.7 Å². The summed E-state index contributed by atoms with van der Waals surface area (Å²) in [6.07, 6.45) is 1.75. The lowest BCUT2D eigenvalue weighted by atomic mass is 10.00. The number of unbranched alkanes of at least 4 members (excludes halogenated alkanes) is 1. The van der Waals surface area contributed by atoms with Crippen LogP contribution in [0, 0.1) is 5.92 Å². The van der Waals surface area contributed by atoms with Gasteiger partial charge in [0.15, 0.2) is 0 Å². The molecular formula is C9H16O4. The van der Waals surface area contributed by atoms with E-state index >= 15 is 0 Å². The Morgan fingerprint density at radius 1 is 1.38 bits per heavy atom. The van der Waals surface area contributed by atoms with Crippen molar-refractivity contribution >= 4 is 12.1 Å². The normalized spacial score (nSPS) is 12.2. The number of rotatable bonds is 5. The van der Waals surface area contributed by atoms with Crippen LogP contribution in [0.4, 0.5) is 4.79 Å². The molecule has 76 valence electrons. The summed E-state index contributed by atoms with van der Waals surface area (Å²) in [5.74, 6) is -0.889. The van der Waals surface area contributed by atoms with Gasteiger partial charge in [-0.25, -0.2) is 4.79 Å². The largest absolute Gasteiger partial charge is 0.513 e. The average Bonchev–Trinajstić information content (AvgIpc) is 2.04. The Bertz CT molecular complexity index is 176. The van der Waals surface area contributed by atoms with Crippen molar-refractivity contribution < 1.29 is 19.4 Å². The zero-order chi connectivity index (χ0) is 10.3. The van der Waals surface area contributed by atoms with Crippen LogP contribution in [0.2, 0.25) is 0 Å². The van der Waals surface area contributed by atoms with E-state index in [1.165, 1.54) is 0 Å². The zero-order valence-corrected chi connectivity index (χ0v) is 8.08. The molecule has 0 aliphatic carbocycles. The molecule has 1 atom stereocenters. The summed E-state index contributed by atoms with van der Waals surface area (Å²) in [5, 5.41) is 8.21. The summed E-state index contributed by atoms with van der Waals surface area (Å²) < 4.78 is 4.08. The summed E-state index contributed by atoms with van der Waals surface area (Å²) in [4.78, 5) is 21.1. The fourth-order valence-corrected chi connectivity index (χ4v) is 1.11. The van der Waals surface area contributed by atoms with Crippen molar-refractivity contribution in [2.75, 3.05) is 0 Å². The first-order chi connectivity index (χ1) is 6.11. The first-order valence-electron chi connectivity index (χ1n) is 4.56. The fraction of sp³-hybridized carbons (Fsp3) is 0.778. The maximum Gasteiger partial charge on any atom is 0.513 e. The molecule has 0 aromatic rings. The molecule has 0 aliphatic heterocycles. The first kappa shape index (κ1) is 11.9. The van der Waals surface area contributed by atoms with E-state index in [0.29, 0.717) is 12.8 Å². The van der Waals surface area contributed by atoms with Crippen LogP contribution in [-0.2, 0) is 9.53 Å². The predicted molar refractivity (Wildman–Crippen MR) is 47.4 cm³/mol. The van der Waals surface area contributed by atoms with E-state index in [1.807, 2.05) is 13.8 Å². The van der Waals surface area contributed by atoms with Crippen molar-refractivity contribution in [2.24, 2.45) is 5.92 Å². The van der Waals surface area contributed by atoms with Gasteiger partial charge in [0, 0.05) is 0 Å². The Balaban J connectivity index is 3.91. The number of carbonyl (C=O) groups excluding carboxylic acids is 1. The van der Waals surface area contributed by atoms with Crippen molar-refractivity contribution in [1.29, 1.82) is 0 Å². The van der Waals surface area contributed by atoms with Gasteiger partial charge in [0.25, 0.3) is 0 Å². The van der Waals surface area contributed by atoms with Crippen LogP contribution in [0.3, 0.4) is 0 Å². The first-order valence-corrected chi connectivity index (χ1v) is 4.56. The lowest BCUT2D eigenvalue weighted by Gasteiger charge is -2.10. The molecule has 0 aromatic carbocycles. The Morgan fingerprint density at radius 2 is 2.00 bits per heavy atom. The van der Waals surface area contributed by atoms with E-state index in [-0.39, 0.29) is 5.92 Å². The third kappa shape index (κ3) is 5.22. The van der Waals surface area contributed by atoms with Gasteiger partial charge in [-0.15, -0.1) is 0 Å². The molecule has 0 bridgehead atoms. The van der Waals surface area contributed by atoms with Crippen molar-refractivity contribution in [3.8, 4) is 0 Å². The molecule has 0 heterocycles. The summed E-state index contributed by atoms with van der Waals surface area (Å²) >= 11 is 0. The average molecular weight is 188 g/mol. The number of carbonyl (C=O) groups is 2. The van der Waals surface area contributed by atoms with Crippen molar-refractivity contribution in [2.45, 2.75) is 39.5 Å². The molecule has 13 heavy (non-hydrogen) atoms. The highest BCUT2D eigenvalue weighted by molar-refractivity contribution is 5.82. The molecule has 0 saturated heterocycles. The van der Waals surface area contributed by atoms with Gasteiger partial charge in [-0.05, 0) is 12.8 Å². The highest BCUT2D eigenvalue weighted by atomic mass is 16.7. The summed E-state index contributed by atoms with van der Waals surface area (Å²) in [5.41, 5.74) is 0. The van der Waals surface area contributed by atoms with E-state index in [9.17, 15) is 9.59 Å². The van der Waals surface area contributed by atoms with E-state index in [1.54, 1.807) is 0 Å². The molecular weight excluding hydrogens is 172 g/mol. The molecule has 4 nitrogen and oxygen atoms in total. The standard InChI is InChI=1S/C9H16O4/c1-3-5-6-7(4-2)8(10)13-9(11)12/h7H,3-6H2,1-2H3,(H,11,12). The van der Waals surface area contributed by atoms with Crippen LogP contribution in [-0.4, -0.2) is 17.2 Å². The number of hydrogen-bond donors (Lipinski definition) is 1. The predicted octanol–water partition coefficient (Wildman–Crippen LogP) is 2.42. The van der Waals surface area contributed by atoms with Crippen LogP contribution in [0.15, 0.2) is 0 Å². The highest BCUT2D eigenvalue weighted by Gasteiger charge is 2.19. The van der Waals surface area contributed by atoms with Crippen molar-refractivity contribution in [3.05, 3.63) is 0 Å². The Labute approximate surface area is 77.9 Å². The second-order valence-corrected chi connectivity index (χ2v) is 2.93. The summed E-state index contributed by atoms with van der Waals surface area (Å²) in [6, 6.07) is 0. The number of hydrogen-bond acceptors (Lipinski definition) is 3. The summed E-state index contributed by atoms with van der Waals surface area (Å²) in [7, 11) is 0. The van der Waals surface area contributed by atoms with Crippen LogP contribution < -0.4 is 0 Å². The molecule has 0 saturated carbocycles. The van der Waals surface area contributed by atoms with Gasteiger partial charge in [0.05, 0.1) is 5.92 Å². The molecule has 4 heteroatoms. The van der Waals surface area contributed by atoms with Gasteiger partial charge in [0.1, 0.15) is 0 Å². The molecule has 0 spiro atoms. The van der Waals surface area contributed by atoms with Gasteiger partial charge in [-0.2, -0.15) is 0 Å². The van der Waals surface area contributed by atoms with Gasteiger partial charge >= 0.3 is 12.1 Å². The van der Waals surface area contributed by atoms with E-state index in [0.717, 1.165) is 12.8 Å². The van der Waals surface area contributed by atoms with E-state index < -0.39 is 12.1 Å². The van der Waals surface area contributed by atoms with E-state index in [2.05, 4.69) is 4.74 Å². The van der Waals surface area contributed by atoms with Crippen LogP contribution in [0.1, 0.15) is 39.5 Å². The minimum absolute atomic E-state index is 0.268. The van der Waals surface area contributed by atoms with Crippen molar-refractivity contribution in [3.63, 3.8) is 0 Å². The third-order valence-electron chi connectivity index (χ3n) is 1.92. The lowest BCUT2D eigenvalue weighted by molar-refractivity contribution is -0.144. The number of esters is 1. The molecule has 1 N–H and O–H groups in total. The highest BCUT2D eigenvalue weighted by Crippen LogP contribution is 2.14. The molecule has 0 rings (SSSR count). The van der Waals surface area contributed by atoms with Crippen molar-refractivity contribution in [1.82, 2.24) is 0 Å². The maximum absolute atomic E-state index is 11.1. The zero-order valence-electron chi connectivity index (χ0n) is 8.08. The SMILES string of the molecule is CCCCC(CC)C(=O)OC(=O)O. The quantitative estimate of drug-likeness (QED) is 0.531. The van der Waals surface area contributed by atoms with Gasteiger partial charge in [-0.3, -0.25) is 4.79 Å². The van der Waals surface area contributed by atoms with Gasteiger partial charge in [0.2, 0.25) is 0 Å². The van der Waals surface area contributed by atoms with Crippen LogP contribution >= 0.6 is 0 Å². The minimum Gasteiger partial charge on any atom is -0.449 e. The molecule has 0 fully saturated rings. The molecule has 0 radical (unpaired) electrons. The second kappa shape index (κ2) is 6.46. The fourth-order valence-electron chi connectivity index (χ4n) is 1.11.